The zero-order valence-corrected chi connectivity index (χ0v) is 14.8. The van der Waals surface area contributed by atoms with Crippen LogP contribution in [-0.2, 0) is 16.4 Å². The van der Waals surface area contributed by atoms with Crippen LogP contribution in [0.25, 0.3) is 0 Å². The van der Waals surface area contributed by atoms with E-state index in [9.17, 15) is 8.42 Å². The van der Waals surface area contributed by atoms with E-state index in [-0.39, 0.29) is 5.75 Å². The number of nitrogens with one attached hydrogen (secondary N) is 1. The fourth-order valence-corrected chi connectivity index (χ4v) is 3.73. The lowest BCUT2D eigenvalue weighted by Crippen LogP contribution is -2.14. The van der Waals surface area contributed by atoms with Crippen molar-refractivity contribution in [2.24, 2.45) is 0 Å². The molecule has 0 heterocycles. The first-order valence-electron chi connectivity index (χ1n) is 7.78. The van der Waals surface area contributed by atoms with Crippen molar-refractivity contribution in [3.63, 3.8) is 0 Å². The minimum absolute atomic E-state index is 0.0429. The van der Waals surface area contributed by atoms with E-state index in [0.29, 0.717) is 11.4 Å². The molecule has 0 unspecified atom stereocenters. The first kappa shape index (κ1) is 18.2. The molecule has 0 bridgehead atoms. The molecule has 5 heteroatoms. The Balaban J connectivity index is 1.83. The zero-order valence-electron chi connectivity index (χ0n) is 14.0. The van der Waals surface area contributed by atoms with Crippen LogP contribution in [0.15, 0.2) is 71.1 Å². The molecule has 0 spiro atoms. The number of hydrogen-bond donors (Lipinski definition) is 1. The van der Waals surface area contributed by atoms with Gasteiger partial charge in [0.15, 0.2) is 9.84 Å². The molecule has 0 aliphatic heterocycles. The molecular formula is C19H23NO3S. The largest absolute Gasteiger partial charge is 0.497 e. The predicted molar refractivity (Wildman–Crippen MR) is 97.0 cm³/mol. The van der Waals surface area contributed by atoms with Crippen LogP contribution < -0.4 is 10.1 Å². The Hall–Kier alpha value is -2.11. The molecule has 0 fully saturated rings. The lowest BCUT2D eigenvalue weighted by atomic mass is 10.2. The van der Waals surface area contributed by atoms with E-state index < -0.39 is 9.84 Å². The maximum absolute atomic E-state index is 12.3. The van der Waals surface area contributed by atoms with E-state index >= 15 is 0 Å². The topological polar surface area (TPSA) is 55.4 Å². The average Bonchev–Trinajstić information content (AvgIpc) is 2.59. The van der Waals surface area contributed by atoms with Gasteiger partial charge in [0, 0.05) is 13.1 Å². The van der Waals surface area contributed by atoms with E-state index in [4.69, 9.17) is 4.74 Å². The van der Waals surface area contributed by atoms with Gasteiger partial charge < -0.3 is 10.1 Å². The number of benzene rings is 2. The van der Waals surface area contributed by atoms with Gasteiger partial charge in [0.1, 0.15) is 5.75 Å². The average molecular weight is 345 g/mol. The van der Waals surface area contributed by atoms with Gasteiger partial charge in [0.05, 0.1) is 17.8 Å². The van der Waals surface area contributed by atoms with Gasteiger partial charge in [-0.05, 0) is 36.8 Å². The van der Waals surface area contributed by atoms with Crippen molar-refractivity contribution in [3.8, 4) is 5.75 Å². The van der Waals surface area contributed by atoms with Gasteiger partial charge in [0.25, 0.3) is 0 Å². The molecule has 0 aliphatic rings. The summed E-state index contributed by atoms with van der Waals surface area (Å²) in [5.74, 6) is 0.877. The van der Waals surface area contributed by atoms with E-state index in [1.807, 2.05) is 43.3 Å². The van der Waals surface area contributed by atoms with Crippen LogP contribution in [0, 0.1) is 0 Å². The highest BCUT2D eigenvalue weighted by atomic mass is 32.2. The van der Waals surface area contributed by atoms with Gasteiger partial charge in [-0.3, -0.25) is 0 Å². The first-order chi connectivity index (χ1) is 11.5. The quantitative estimate of drug-likeness (QED) is 0.590. The Morgan fingerprint density at radius 3 is 2.38 bits per heavy atom. The molecular weight excluding hydrogens is 322 g/mol. The third-order valence-corrected chi connectivity index (χ3v) is 5.43. The molecule has 0 atom stereocenters. The van der Waals surface area contributed by atoms with Crippen molar-refractivity contribution >= 4 is 9.84 Å². The second kappa shape index (κ2) is 8.66. The summed E-state index contributed by atoms with van der Waals surface area (Å²) in [6, 6.07) is 16.4. The SMILES string of the molecule is COc1ccc(CNC/C=C(\C)CS(=O)(=O)c2ccccc2)cc1. The Labute approximate surface area is 144 Å². The number of hydrogen-bond acceptors (Lipinski definition) is 4. The normalized spacial score (nSPS) is 12.2. The molecule has 0 saturated heterocycles. The van der Waals surface area contributed by atoms with Crippen molar-refractivity contribution in [2.75, 3.05) is 19.4 Å². The van der Waals surface area contributed by atoms with Crippen LogP contribution in [0.4, 0.5) is 0 Å². The Kier molecular flexibility index (Phi) is 6.58. The van der Waals surface area contributed by atoms with Crippen LogP contribution in [-0.4, -0.2) is 27.8 Å². The van der Waals surface area contributed by atoms with Crippen molar-refractivity contribution in [3.05, 3.63) is 71.8 Å². The highest BCUT2D eigenvalue weighted by Gasteiger charge is 2.13. The van der Waals surface area contributed by atoms with E-state index in [1.165, 1.54) is 0 Å². The summed E-state index contributed by atoms with van der Waals surface area (Å²) >= 11 is 0. The predicted octanol–water partition coefficient (Wildman–Crippen LogP) is 3.21. The molecule has 0 aliphatic carbocycles. The highest BCUT2D eigenvalue weighted by Crippen LogP contribution is 2.13. The van der Waals surface area contributed by atoms with Crippen molar-refractivity contribution in [2.45, 2.75) is 18.4 Å². The lowest BCUT2D eigenvalue weighted by molar-refractivity contribution is 0.414. The van der Waals surface area contributed by atoms with Gasteiger partial charge in [-0.2, -0.15) is 0 Å². The van der Waals surface area contributed by atoms with Gasteiger partial charge in [-0.1, -0.05) is 42.0 Å². The smallest absolute Gasteiger partial charge is 0.182 e. The molecule has 0 aromatic heterocycles. The van der Waals surface area contributed by atoms with Crippen LogP contribution in [0.3, 0.4) is 0 Å². The third kappa shape index (κ3) is 5.51. The van der Waals surface area contributed by atoms with Crippen LogP contribution in [0.5, 0.6) is 5.75 Å². The Bertz CT molecular complexity index is 766. The second-order valence-electron chi connectivity index (χ2n) is 5.60. The van der Waals surface area contributed by atoms with Crippen molar-refractivity contribution < 1.29 is 13.2 Å². The van der Waals surface area contributed by atoms with Gasteiger partial charge in [-0.25, -0.2) is 8.42 Å². The molecule has 0 saturated carbocycles. The molecule has 4 nitrogen and oxygen atoms in total. The molecule has 0 amide bonds. The Morgan fingerprint density at radius 2 is 1.75 bits per heavy atom. The summed E-state index contributed by atoms with van der Waals surface area (Å²) < 4.78 is 29.7. The molecule has 24 heavy (non-hydrogen) atoms. The molecule has 1 N–H and O–H groups in total. The summed E-state index contributed by atoms with van der Waals surface area (Å²) in [6.07, 6.45) is 1.92. The molecule has 128 valence electrons. The summed E-state index contributed by atoms with van der Waals surface area (Å²) in [7, 11) is -1.62. The summed E-state index contributed by atoms with van der Waals surface area (Å²) in [4.78, 5) is 0.365. The number of methoxy groups -OCH3 is 1. The molecule has 2 aromatic rings. The van der Waals surface area contributed by atoms with Crippen LogP contribution in [0.2, 0.25) is 0 Å². The first-order valence-corrected chi connectivity index (χ1v) is 9.43. The molecule has 2 rings (SSSR count). The summed E-state index contributed by atoms with van der Waals surface area (Å²) in [5, 5.41) is 3.28. The fraction of sp³-hybridized carbons (Fsp3) is 0.263. The van der Waals surface area contributed by atoms with Gasteiger partial charge in [-0.15, -0.1) is 0 Å². The minimum atomic E-state index is -3.27. The van der Waals surface area contributed by atoms with E-state index in [2.05, 4.69) is 5.32 Å². The minimum Gasteiger partial charge on any atom is -0.497 e. The number of ether oxygens (including phenoxy) is 1. The second-order valence-corrected chi connectivity index (χ2v) is 7.59. The summed E-state index contributed by atoms with van der Waals surface area (Å²) in [5.41, 5.74) is 1.99. The maximum Gasteiger partial charge on any atom is 0.182 e. The standard InChI is InChI=1S/C19H23NO3S/c1-16(15-24(21,22)19-6-4-3-5-7-19)12-13-20-14-17-8-10-18(23-2)11-9-17/h3-12,20H,13-15H2,1-2H3/b16-12+. The van der Waals surface area contributed by atoms with Crippen molar-refractivity contribution in [1.82, 2.24) is 5.32 Å². The summed E-state index contributed by atoms with van der Waals surface area (Å²) in [6.45, 7) is 3.19. The molecule has 0 radical (unpaired) electrons. The fourth-order valence-electron chi connectivity index (χ4n) is 2.28. The van der Waals surface area contributed by atoms with Crippen LogP contribution in [0.1, 0.15) is 12.5 Å². The highest BCUT2D eigenvalue weighted by molar-refractivity contribution is 7.91. The van der Waals surface area contributed by atoms with Crippen molar-refractivity contribution in [1.29, 1.82) is 0 Å². The maximum atomic E-state index is 12.3. The Morgan fingerprint density at radius 1 is 1.08 bits per heavy atom. The monoisotopic (exact) mass is 345 g/mol. The van der Waals surface area contributed by atoms with Crippen LogP contribution >= 0.6 is 0 Å². The number of sulfone groups is 1. The van der Waals surface area contributed by atoms with Gasteiger partial charge in [0.2, 0.25) is 0 Å². The number of rotatable bonds is 8. The van der Waals surface area contributed by atoms with E-state index in [1.54, 1.807) is 31.4 Å². The third-order valence-electron chi connectivity index (χ3n) is 3.60. The molecule has 2 aromatic carbocycles. The lowest BCUT2D eigenvalue weighted by Gasteiger charge is -2.06. The zero-order chi connectivity index (χ0) is 17.4. The van der Waals surface area contributed by atoms with E-state index in [0.717, 1.165) is 23.4 Å². The van der Waals surface area contributed by atoms with Gasteiger partial charge >= 0.3 is 0 Å².